The molecule has 0 radical (unpaired) electrons. The highest BCUT2D eigenvalue weighted by Gasteiger charge is 2.17. The monoisotopic (exact) mass is 309 g/mol. The Morgan fingerprint density at radius 3 is 2.89 bits per heavy atom. The number of rotatable bonds is 5. The molecule has 18 heavy (non-hydrogen) atoms. The molecule has 2 rings (SSSR count). The molecule has 98 valence electrons. The Kier molecular flexibility index (Phi) is 5.26. The molecule has 0 amide bonds. The highest BCUT2D eigenvalue weighted by atomic mass is 79.9. The lowest BCUT2D eigenvalue weighted by Crippen LogP contribution is -2.34. The van der Waals surface area contributed by atoms with Gasteiger partial charge in [-0.25, -0.2) is 0 Å². The van der Waals surface area contributed by atoms with Crippen molar-refractivity contribution in [2.45, 2.75) is 32.2 Å². The minimum atomic E-state index is 0.383. The van der Waals surface area contributed by atoms with Crippen LogP contribution in [0.4, 0.5) is 0 Å². The third-order valence-electron chi connectivity index (χ3n) is 3.24. The molecule has 0 spiro atoms. The maximum Gasteiger partial charge on any atom is 0.0876 e. The van der Waals surface area contributed by atoms with Gasteiger partial charge in [-0.2, -0.15) is 0 Å². The predicted octanol–water partition coefficient (Wildman–Crippen LogP) is 3.66. The van der Waals surface area contributed by atoms with Crippen molar-refractivity contribution in [3.8, 4) is 0 Å². The molecule has 1 aromatic rings. The molecule has 0 aromatic heterocycles. The van der Waals surface area contributed by atoms with Crippen LogP contribution >= 0.6 is 15.9 Å². The molecule has 0 fully saturated rings. The number of halogens is 1. The standard InChI is InChI=1S/C15H20BrNO/c1-2-17-15(13-7-5-9-18-11-13)10-12-6-3-4-8-14(12)16/h3-4,6,8,11,15,17H,2,5,7,9-10H2,1H3. The maximum atomic E-state index is 5.46. The fourth-order valence-corrected chi connectivity index (χ4v) is 2.75. The summed E-state index contributed by atoms with van der Waals surface area (Å²) in [5.74, 6) is 0. The zero-order valence-electron chi connectivity index (χ0n) is 10.8. The second-order valence-electron chi connectivity index (χ2n) is 4.57. The van der Waals surface area contributed by atoms with Crippen LogP contribution in [-0.2, 0) is 11.2 Å². The van der Waals surface area contributed by atoms with Gasteiger partial charge in [0.25, 0.3) is 0 Å². The molecule has 3 heteroatoms. The van der Waals surface area contributed by atoms with Gasteiger partial charge in [-0.15, -0.1) is 0 Å². The van der Waals surface area contributed by atoms with Gasteiger partial charge in [-0.05, 0) is 43.0 Å². The van der Waals surface area contributed by atoms with Gasteiger partial charge in [-0.1, -0.05) is 41.1 Å². The first-order valence-corrected chi connectivity index (χ1v) is 7.38. The molecule has 0 bridgehead atoms. The Morgan fingerprint density at radius 1 is 1.39 bits per heavy atom. The minimum Gasteiger partial charge on any atom is -0.501 e. The molecule has 0 saturated heterocycles. The zero-order chi connectivity index (χ0) is 12.8. The summed E-state index contributed by atoms with van der Waals surface area (Å²) < 4.78 is 6.65. The number of benzene rings is 1. The van der Waals surface area contributed by atoms with E-state index in [2.05, 4.69) is 52.4 Å². The van der Waals surface area contributed by atoms with Crippen molar-refractivity contribution < 1.29 is 4.74 Å². The van der Waals surface area contributed by atoms with E-state index in [4.69, 9.17) is 4.74 Å². The second-order valence-corrected chi connectivity index (χ2v) is 5.43. The largest absolute Gasteiger partial charge is 0.501 e. The topological polar surface area (TPSA) is 21.3 Å². The van der Waals surface area contributed by atoms with Crippen LogP contribution in [0.2, 0.25) is 0 Å². The zero-order valence-corrected chi connectivity index (χ0v) is 12.4. The van der Waals surface area contributed by atoms with E-state index in [1.165, 1.54) is 15.6 Å². The van der Waals surface area contributed by atoms with Crippen molar-refractivity contribution >= 4 is 15.9 Å². The lowest BCUT2D eigenvalue weighted by atomic mass is 9.95. The maximum absolute atomic E-state index is 5.46. The summed E-state index contributed by atoms with van der Waals surface area (Å²) in [6, 6.07) is 8.81. The summed E-state index contributed by atoms with van der Waals surface area (Å²) in [6.07, 6.45) is 5.23. The van der Waals surface area contributed by atoms with Gasteiger partial charge in [0.05, 0.1) is 12.9 Å². The molecule has 0 saturated carbocycles. The van der Waals surface area contributed by atoms with Gasteiger partial charge >= 0.3 is 0 Å². The summed E-state index contributed by atoms with van der Waals surface area (Å²) in [5.41, 5.74) is 2.73. The van der Waals surface area contributed by atoms with Gasteiger partial charge in [0.2, 0.25) is 0 Å². The lowest BCUT2D eigenvalue weighted by molar-refractivity contribution is 0.219. The molecule has 1 N–H and O–H groups in total. The van der Waals surface area contributed by atoms with Gasteiger partial charge in [0.15, 0.2) is 0 Å². The van der Waals surface area contributed by atoms with Crippen molar-refractivity contribution in [2.24, 2.45) is 0 Å². The third kappa shape index (κ3) is 3.59. The molecular weight excluding hydrogens is 290 g/mol. The first-order chi connectivity index (χ1) is 8.81. The van der Waals surface area contributed by atoms with E-state index in [0.717, 1.165) is 32.4 Å². The highest BCUT2D eigenvalue weighted by molar-refractivity contribution is 9.10. The van der Waals surface area contributed by atoms with E-state index in [-0.39, 0.29) is 0 Å². The van der Waals surface area contributed by atoms with Gasteiger partial charge < -0.3 is 10.1 Å². The van der Waals surface area contributed by atoms with E-state index in [9.17, 15) is 0 Å². The van der Waals surface area contributed by atoms with Crippen LogP contribution in [0.3, 0.4) is 0 Å². The van der Waals surface area contributed by atoms with E-state index in [1.807, 2.05) is 6.26 Å². The predicted molar refractivity (Wildman–Crippen MR) is 78.6 cm³/mol. The summed E-state index contributed by atoms with van der Waals surface area (Å²) in [7, 11) is 0. The Morgan fingerprint density at radius 2 is 2.22 bits per heavy atom. The quantitative estimate of drug-likeness (QED) is 0.896. The fourth-order valence-electron chi connectivity index (χ4n) is 2.31. The Balaban J connectivity index is 2.11. The average Bonchev–Trinajstić information content (AvgIpc) is 2.42. The van der Waals surface area contributed by atoms with Crippen molar-refractivity contribution in [3.63, 3.8) is 0 Å². The number of hydrogen-bond acceptors (Lipinski definition) is 2. The van der Waals surface area contributed by atoms with Gasteiger partial charge in [-0.3, -0.25) is 0 Å². The van der Waals surface area contributed by atoms with Crippen molar-refractivity contribution in [1.82, 2.24) is 5.32 Å². The third-order valence-corrected chi connectivity index (χ3v) is 4.02. The smallest absolute Gasteiger partial charge is 0.0876 e. The average molecular weight is 310 g/mol. The summed E-state index contributed by atoms with van der Waals surface area (Å²) in [6.45, 7) is 3.99. The summed E-state index contributed by atoms with van der Waals surface area (Å²) >= 11 is 3.62. The summed E-state index contributed by atoms with van der Waals surface area (Å²) in [4.78, 5) is 0. The van der Waals surface area contributed by atoms with Crippen LogP contribution < -0.4 is 5.32 Å². The number of hydrogen-bond donors (Lipinski definition) is 1. The molecule has 1 atom stereocenters. The van der Waals surface area contributed by atoms with Crippen LogP contribution in [0.5, 0.6) is 0 Å². The second kappa shape index (κ2) is 6.95. The first kappa shape index (κ1) is 13.6. The molecule has 1 unspecified atom stereocenters. The molecule has 1 heterocycles. The van der Waals surface area contributed by atoms with Crippen LogP contribution in [-0.4, -0.2) is 19.2 Å². The normalized spacial score (nSPS) is 16.9. The van der Waals surface area contributed by atoms with Crippen LogP contribution in [0.1, 0.15) is 25.3 Å². The number of nitrogens with one attached hydrogen (secondary N) is 1. The van der Waals surface area contributed by atoms with Crippen molar-refractivity contribution in [1.29, 1.82) is 0 Å². The fraction of sp³-hybridized carbons (Fsp3) is 0.467. The van der Waals surface area contributed by atoms with E-state index in [0.29, 0.717) is 6.04 Å². The molecule has 1 aliphatic heterocycles. The van der Waals surface area contributed by atoms with E-state index in [1.54, 1.807) is 0 Å². The minimum absolute atomic E-state index is 0.383. The Bertz CT molecular complexity index is 417. The summed E-state index contributed by atoms with van der Waals surface area (Å²) in [5, 5.41) is 3.56. The molecule has 2 nitrogen and oxygen atoms in total. The molecular formula is C15H20BrNO. The first-order valence-electron chi connectivity index (χ1n) is 6.58. The van der Waals surface area contributed by atoms with Crippen LogP contribution in [0.15, 0.2) is 40.6 Å². The van der Waals surface area contributed by atoms with Gasteiger partial charge in [0.1, 0.15) is 0 Å². The van der Waals surface area contributed by atoms with E-state index < -0.39 is 0 Å². The Hall–Kier alpha value is -0.800. The van der Waals surface area contributed by atoms with Crippen LogP contribution in [0.25, 0.3) is 0 Å². The number of likely N-dealkylation sites (N-methyl/N-ethyl adjacent to an activating group) is 1. The van der Waals surface area contributed by atoms with E-state index >= 15 is 0 Å². The molecule has 1 aromatic carbocycles. The number of ether oxygens (including phenoxy) is 1. The van der Waals surface area contributed by atoms with Gasteiger partial charge in [0, 0.05) is 10.5 Å². The Labute approximate surface area is 118 Å². The van der Waals surface area contributed by atoms with Crippen molar-refractivity contribution in [2.75, 3.05) is 13.2 Å². The van der Waals surface area contributed by atoms with Crippen LogP contribution in [0, 0.1) is 0 Å². The SMILES string of the molecule is CCNC(Cc1ccccc1Br)C1=COCCC1. The highest BCUT2D eigenvalue weighted by Crippen LogP contribution is 2.23. The molecule has 1 aliphatic rings. The molecule has 0 aliphatic carbocycles. The van der Waals surface area contributed by atoms with Crippen molar-refractivity contribution in [3.05, 3.63) is 46.1 Å². The lowest BCUT2D eigenvalue weighted by Gasteiger charge is -2.24.